The maximum absolute atomic E-state index is 5.57. The SMILES string of the molecule is COCc1nsc(N2CCCC2c2ccc(OC)cc2OC)n1. The second-order valence-corrected chi connectivity index (χ2v) is 6.12. The third-order valence-corrected chi connectivity index (χ3v) is 4.82. The largest absolute Gasteiger partial charge is 0.497 e. The molecule has 0 amide bonds. The number of nitrogens with zero attached hydrogens (tertiary/aromatic N) is 3. The van der Waals surface area contributed by atoms with Crippen molar-refractivity contribution in [2.75, 3.05) is 32.8 Å². The normalized spacial score (nSPS) is 17.5. The van der Waals surface area contributed by atoms with E-state index in [2.05, 4.69) is 20.3 Å². The highest BCUT2D eigenvalue weighted by molar-refractivity contribution is 7.09. The van der Waals surface area contributed by atoms with Crippen LogP contribution in [0.3, 0.4) is 0 Å². The minimum Gasteiger partial charge on any atom is -0.497 e. The van der Waals surface area contributed by atoms with Gasteiger partial charge in [-0.2, -0.15) is 4.37 Å². The summed E-state index contributed by atoms with van der Waals surface area (Å²) >= 11 is 1.43. The van der Waals surface area contributed by atoms with Gasteiger partial charge in [-0.15, -0.1) is 0 Å². The number of methoxy groups -OCH3 is 3. The first kappa shape index (κ1) is 16.0. The summed E-state index contributed by atoms with van der Waals surface area (Å²) in [6.45, 7) is 1.42. The van der Waals surface area contributed by atoms with Crippen molar-refractivity contribution in [2.24, 2.45) is 0 Å². The number of ether oxygens (including phenoxy) is 3. The lowest BCUT2D eigenvalue weighted by Gasteiger charge is -2.25. The van der Waals surface area contributed by atoms with Crippen LogP contribution in [0.4, 0.5) is 5.13 Å². The minimum atomic E-state index is 0.249. The van der Waals surface area contributed by atoms with Crippen LogP contribution >= 0.6 is 11.5 Å². The van der Waals surface area contributed by atoms with Gasteiger partial charge in [0.25, 0.3) is 0 Å². The summed E-state index contributed by atoms with van der Waals surface area (Å²) in [4.78, 5) is 6.90. The molecule has 0 N–H and O–H groups in total. The van der Waals surface area contributed by atoms with E-state index >= 15 is 0 Å². The predicted octanol–water partition coefficient (Wildman–Crippen LogP) is 3.04. The minimum absolute atomic E-state index is 0.249. The highest BCUT2D eigenvalue weighted by atomic mass is 32.1. The van der Waals surface area contributed by atoms with E-state index in [1.807, 2.05) is 12.1 Å². The summed E-state index contributed by atoms with van der Waals surface area (Å²) in [7, 11) is 5.01. The fourth-order valence-corrected chi connectivity index (χ4v) is 3.71. The van der Waals surface area contributed by atoms with Crippen molar-refractivity contribution in [3.05, 3.63) is 29.6 Å². The summed E-state index contributed by atoms with van der Waals surface area (Å²) in [5, 5.41) is 0.942. The Labute approximate surface area is 140 Å². The van der Waals surface area contributed by atoms with Gasteiger partial charge in [0.05, 0.1) is 20.3 Å². The molecule has 124 valence electrons. The van der Waals surface area contributed by atoms with Crippen LogP contribution in [0.25, 0.3) is 0 Å². The molecule has 1 aliphatic rings. The van der Waals surface area contributed by atoms with E-state index in [-0.39, 0.29) is 6.04 Å². The Balaban J connectivity index is 1.89. The molecule has 0 bridgehead atoms. The maximum atomic E-state index is 5.57. The standard InChI is InChI=1S/C16H21N3O3S/c1-20-10-15-17-16(23-18-15)19-8-4-5-13(19)12-7-6-11(21-2)9-14(12)22-3/h6-7,9,13H,4-5,8,10H2,1-3H3. The molecule has 1 atom stereocenters. The monoisotopic (exact) mass is 335 g/mol. The van der Waals surface area contributed by atoms with Crippen LogP contribution < -0.4 is 14.4 Å². The molecule has 0 radical (unpaired) electrons. The maximum Gasteiger partial charge on any atom is 0.205 e. The van der Waals surface area contributed by atoms with E-state index in [1.165, 1.54) is 11.5 Å². The Bertz CT molecular complexity index is 662. The zero-order valence-corrected chi connectivity index (χ0v) is 14.4. The summed E-state index contributed by atoms with van der Waals surface area (Å²) in [5.74, 6) is 2.39. The van der Waals surface area contributed by atoms with Crippen LogP contribution in [0.15, 0.2) is 18.2 Å². The molecule has 1 fully saturated rings. The Kier molecular flexibility index (Phi) is 4.97. The summed E-state index contributed by atoms with van der Waals surface area (Å²) in [6, 6.07) is 6.24. The molecule has 7 heteroatoms. The first-order valence-corrected chi connectivity index (χ1v) is 8.34. The zero-order chi connectivity index (χ0) is 16.2. The molecule has 6 nitrogen and oxygen atoms in total. The van der Waals surface area contributed by atoms with Crippen LogP contribution in [0, 0.1) is 0 Å². The number of hydrogen-bond acceptors (Lipinski definition) is 7. The molecule has 2 aromatic rings. The fourth-order valence-electron chi connectivity index (χ4n) is 2.96. The summed E-state index contributed by atoms with van der Waals surface area (Å²) in [5.41, 5.74) is 1.16. The second-order valence-electron chi connectivity index (χ2n) is 5.39. The average molecular weight is 335 g/mol. The van der Waals surface area contributed by atoms with E-state index in [0.29, 0.717) is 6.61 Å². The van der Waals surface area contributed by atoms with Crippen molar-refractivity contribution in [1.29, 1.82) is 0 Å². The third kappa shape index (κ3) is 3.25. The molecule has 3 rings (SSSR count). The van der Waals surface area contributed by atoms with Crippen molar-refractivity contribution < 1.29 is 14.2 Å². The number of aromatic nitrogens is 2. The van der Waals surface area contributed by atoms with Crippen LogP contribution in [0.5, 0.6) is 11.5 Å². The number of anilines is 1. The van der Waals surface area contributed by atoms with Gasteiger partial charge < -0.3 is 19.1 Å². The lowest BCUT2D eigenvalue weighted by molar-refractivity contribution is 0.179. The molecule has 0 spiro atoms. The van der Waals surface area contributed by atoms with E-state index in [0.717, 1.165) is 47.4 Å². The molecule has 2 heterocycles. The van der Waals surface area contributed by atoms with Crippen molar-refractivity contribution >= 4 is 16.7 Å². The summed E-state index contributed by atoms with van der Waals surface area (Å²) in [6.07, 6.45) is 2.20. The third-order valence-electron chi connectivity index (χ3n) is 4.03. The van der Waals surface area contributed by atoms with Gasteiger partial charge in [-0.3, -0.25) is 0 Å². The van der Waals surface area contributed by atoms with Gasteiger partial charge in [-0.05, 0) is 25.0 Å². The molecule has 1 unspecified atom stereocenters. The molecule has 1 aromatic carbocycles. The second kappa shape index (κ2) is 7.14. The Morgan fingerprint density at radius 1 is 1.26 bits per heavy atom. The predicted molar refractivity (Wildman–Crippen MR) is 89.5 cm³/mol. The van der Waals surface area contributed by atoms with Gasteiger partial charge in [0.1, 0.15) is 18.1 Å². The topological polar surface area (TPSA) is 56.7 Å². The van der Waals surface area contributed by atoms with Crippen molar-refractivity contribution in [3.63, 3.8) is 0 Å². The molecule has 1 aromatic heterocycles. The molecular weight excluding hydrogens is 314 g/mol. The highest BCUT2D eigenvalue weighted by Gasteiger charge is 2.30. The molecule has 1 aliphatic heterocycles. The van der Waals surface area contributed by atoms with E-state index in [1.54, 1.807) is 21.3 Å². The van der Waals surface area contributed by atoms with Gasteiger partial charge in [0, 0.05) is 36.8 Å². The van der Waals surface area contributed by atoms with Crippen LogP contribution in [0.1, 0.15) is 30.3 Å². The molecule has 0 aliphatic carbocycles. The number of hydrogen-bond donors (Lipinski definition) is 0. The fraction of sp³-hybridized carbons (Fsp3) is 0.500. The smallest absolute Gasteiger partial charge is 0.205 e. The highest BCUT2D eigenvalue weighted by Crippen LogP contribution is 2.41. The van der Waals surface area contributed by atoms with E-state index in [9.17, 15) is 0 Å². The van der Waals surface area contributed by atoms with Crippen molar-refractivity contribution in [2.45, 2.75) is 25.5 Å². The molecule has 23 heavy (non-hydrogen) atoms. The van der Waals surface area contributed by atoms with Gasteiger partial charge in [-0.25, -0.2) is 4.98 Å². The Morgan fingerprint density at radius 2 is 2.13 bits per heavy atom. The first-order valence-electron chi connectivity index (χ1n) is 7.57. The lowest BCUT2D eigenvalue weighted by Crippen LogP contribution is -2.22. The Hall–Kier alpha value is -1.86. The number of rotatable bonds is 6. The summed E-state index contributed by atoms with van der Waals surface area (Å²) < 4.78 is 20.3. The Morgan fingerprint density at radius 3 is 2.87 bits per heavy atom. The van der Waals surface area contributed by atoms with Crippen LogP contribution in [-0.2, 0) is 11.3 Å². The van der Waals surface area contributed by atoms with Crippen LogP contribution in [0.2, 0.25) is 0 Å². The van der Waals surface area contributed by atoms with Gasteiger partial charge in [-0.1, -0.05) is 0 Å². The van der Waals surface area contributed by atoms with Gasteiger partial charge >= 0.3 is 0 Å². The van der Waals surface area contributed by atoms with E-state index in [4.69, 9.17) is 14.2 Å². The van der Waals surface area contributed by atoms with Crippen LogP contribution in [-0.4, -0.2) is 37.2 Å². The van der Waals surface area contributed by atoms with Gasteiger partial charge in [0.2, 0.25) is 5.13 Å². The van der Waals surface area contributed by atoms with Crippen molar-refractivity contribution in [1.82, 2.24) is 9.36 Å². The lowest BCUT2D eigenvalue weighted by atomic mass is 10.0. The first-order chi connectivity index (χ1) is 11.3. The molecular formula is C16H21N3O3S. The van der Waals surface area contributed by atoms with Crippen molar-refractivity contribution in [3.8, 4) is 11.5 Å². The number of benzene rings is 1. The zero-order valence-electron chi connectivity index (χ0n) is 13.6. The molecule has 0 saturated carbocycles. The average Bonchev–Trinajstić information content (AvgIpc) is 3.23. The molecule has 1 saturated heterocycles. The quantitative estimate of drug-likeness (QED) is 0.809. The van der Waals surface area contributed by atoms with E-state index < -0.39 is 0 Å². The van der Waals surface area contributed by atoms with Gasteiger partial charge in [0.15, 0.2) is 5.82 Å².